The molecule has 4 aromatic rings. The summed E-state index contributed by atoms with van der Waals surface area (Å²) in [6.45, 7) is 2.38. The van der Waals surface area contributed by atoms with Crippen LogP contribution in [-0.2, 0) is 11.3 Å². The van der Waals surface area contributed by atoms with Crippen molar-refractivity contribution in [3.8, 4) is 16.9 Å². The standard InChI is InChI=1S/C25H21N3O4S/c1-2-10-28-19-11-17(8-9-21(19)32-13-22(28)30)20(29)12-27-15-26-24-23(25(27)31)18(14-33-24)16-6-4-3-5-7-16/h3-9,11,14-15H,2,10,12-13H2,1H3. The third-order valence-corrected chi connectivity index (χ3v) is 6.52. The first-order valence-electron chi connectivity index (χ1n) is 10.7. The van der Waals surface area contributed by atoms with Gasteiger partial charge in [-0.2, -0.15) is 0 Å². The van der Waals surface area contributed by atoms with Gasteiger partial charge in [0.05, 0.1) is 23.9 Å². The van der Waals surface area contributed by atoms with Crippen LogP contribution in [0.5, 0.6) is 5.75 Å². The maximum atomic E-state index is 13.3. The van der Waals surface area contributed by atoms with Gasteiger partial charge < -0.3 is 9.64 Å². The molecule has 0 radical (unpaired) electrons. The fourth-order valence-corrected chi connectivity index (χ4v) is 4.91. The number of fused-ring (bicyclic) bond motifs is 2. The number of anilines is 1. The van der Waals surface area contributed by atoms with Crippen molar-refractivity contribution in [2.24, 2.45) is 0 Å². The summed E-state index contributed by atoms with van der Waals surface area (Å²) < 4.78 is 6.85. The lowest BCUT2D eigenvalue weighted by Crippen LogP contribution is -2.39. The van der Waals surface area contributed by atoms with Gasteiger partial charge in [0.2, 0.25) is 0 Å². The summed E-state index contributed by atoms with van der Waals surface area (Å²) in [7, 11) is 0. The summed E-state index contributed by atoms with van der Waals surface area (Å²) >= 11 is 1.41. The number of hydrogen-bond donors (Lipinski definition) is 0. The van der Waals surface area contributed by atoms with Gasteiger partial charge in [-0.3, -0.25) is 19.0 Å². The number of ketones is 1. The number of carbonyl (C=O) groups excluding carboxylic acids is 2. The van der Waals surface area contributed by atoms with Gasteiger partial charge in [0, 0.05) is 23.1 Å². The number of rotatable bonds is 6. The Labute approximate surface area is 193 Å². The van der Waals surface area contributed by atoms with Crippen molar-refractivity contribution in [2.75, 3.05) is 18.1 Å². The summed E-state index contributed by atoms with van der Waals surface area (Å²) in [4.78, 5) is 45.3. The first-order valence-corrected chi connectivity index (χ1v) is 11.6. The third-order valence-electron chi connectivity index (χ3n) is 5.63. The Morgan fingerprint density at radius 2 is 1.97 bits per heavy atom. The number of carbonyl (C=O) groups is 2. The van der Waals surface area contributed by atoms with Crippen LogP contribution in [0.25, 0.3) is 21.3 Å². The second-order valence-corrected chi connectivity index (χ2v) is 8.67. The quantitative estimate of drug-likeness (QED) is 0.405. The molecule has 8 heteroatoms. The SMILES string of the molecule is CCCN1C(=O)COc2ccc(C(=O)Cn3cnc4scc(-c5ccccc5)c4c3=O)cc21. The van der Waals surface area contributed by atoms with E-state index in [4.69, 9.17) is 4.74 Å². The minimum atomic E-state index is -0.252. The van der Waals surface area contributed by atoms with Crippen molar-refractivity contribution >= 4 is 38.9 Å². The van der Waals surface area contributed by atoms with Crippen LogP contribution in [0.4, 0.5) is 5.69 Å². The Kier molecular flexibility index (Phi) is 5.51. The summed E-state index contributed by atoms with van der Waals surface area (Å²) in [5.74, 6) is 0.198. The second kappa shape index (κ2) is 8.63. The highest BCUT2D eigenvalue weighted by molar-refractivity contribution is 7.17. The topological polar surface area (TPSA) is 81.5 Å². The molecule has 0 N–H and O–H groups in total. The smallest absolute Gasteiger partial charge is 0.265 e. The van der Waals surface area contributed by atoms with E-state index in [9.17, 15) is 14.4 Å². The van der Waals surface area contributed by atoms with E-state index in [0.717, 1.165) is 17.5 Å². The molecule has 33 heavy (non-hydrogen) atoms. The normalized spacial score (nSPS) is 13.1. The van der Waals surface area contributed by atoms with Gasteiger partial charge in [0.25, 0.3) is 11.5 Å². The molecular formula is C25H21N3O4S. The van der Waals surface area contributed by atoms with E-state index in [1.807, 2.05) is 42.6 Å². The summed E-state index contributed by atoms with van der Waals surface area (Å²) in [6.07, 6.45) is 2.21. The van der Waals surface area contributed by atoms with E-state index >= 15 is 0 Å². The third kappa shape index (κ3) is 3.82. The molecule has 5 rings (SSSR count). The Morgan fingerprint density at radius 3 is 2.76 bits per heavy atom. The number of thiophene rings is 1. The van der Waals surface area contributed by atoms with Crippen LogP contribution in [0.3, 0.4) is 0 Å². The Morgan fingerprint density at radius 1 is 1.15 bits per heavy atom. The second-order valence-electron chi connectivity index (χ2n) is 7.81. The van der Waals surface area contributed by atoms with Gasteiger partial charge in [-0.25, -0.2) is 4.98 Å². The first kappa shape index (κ1) is 21.1. The van der Waals surface area contributed by atoms with E-state index in [1.165, 1.54) is 22.2 Å². The van der Waals surface area contributed by atoms with Crippen LogP contribution in [0.1, 0.15) is 23.7 Å². The lowest BCUT2D eigenvalue weighted by Gasteiger charge is -2.29. The summed E-state index contributed by atoms with van der Waals surface area (Å²) in [5, 5.41) is 2.43. The molecule has 0 spiro atoms. The summed E-state index contributed by atoms with van der Waals surface area (Å²) in [6, 6.07) is 14.7. The monoisotopic (exact) mass is 459 g/mol. The van der Waals surface area contributed by atoms with Crippen molar-refractivity contribution in [2.45, 2.75) is 19.9 Å². The van der Waals surface area contributed by atoms with Crippen molar-refractivity contribution in [1.82, 2.24) is 9.55 Å². The van der Waals surface area contributed by atoms with Crippen molar-refractivity contribution in [1.29, 1.82) is 0 Å². The number of benzene rings is 2. The maximum Gasteiger partial charge on any atom is 0.265 e. The lowest BCUT2D eigenvalue weighted by molar-refractivity contribution is -0.121. The number of ether oxygens (including phenoxy) is 1. The average Bonchev–Trinajstić information content (AvgIpc) is 3.28. The van der Waals surface area contributed by atoms with Gasteiger partial charge in [-0.05, 0) is 30.2 Å². The van der Waals surface area contributed by atoms with Crippen LogP contribution in [0.2, 0.25) is 0 Å². The van der Waals surface area contributed by atoms with E-state index in [1.54, 1.807) is 23.1 Å². The minimum Gasteiger partial charge on any atom is -0.482 e. The van der Waals surface area contributed by atoms with Crippen LogP contribution >= 0.6 is 11.3 Å². The molecule has 0 bridgehead atoms. The number of nitrogens with zero attached hydrogens (tertiary/aromatic N) is 3. The maximum absolute atomic E-state index is 13.3. The lowest BCUT2D eigenvalue weighted by atomic mass is 10.1. The number of aromatic nitrogens is 2. The molecule has 3 heterocycles. The largest absolute Gasteiger partial charge is 0.482 e. The number of Topliss-reactive ketones (excluding diaryl/α,β-unsaturated/α-hetero) is 1. The van der Waals surface area contributed by atoms with Gasteiger partial charge in [-0.1, -0.05) is 37.3 Å². The van der Waals surface area contributed by atoms with Gasteiger partial charge >= 0.3 is 0 Å². The molecule has 2 aromatic carbocycles. The predicted molar refractivity (Wildman–Crippen MR) is 128 cm³/mol. The molecule has 0 saturated carbocycles. The number of amides is 1. The predicted octanol–water partition coefficient (Wildman–Crippen LogP) is 4.14. The van der Waals surface area contributed by atoms with Crippen LogP contribution in [0, 0.1) is 0 Å². The van der Waals surface area contributed by atoms with Gasteiger partial charge in [0.15, 0.2) is 12.4 Å². The molecule has 1 aliphatic heterocycles. The van der Waals surface area contributed by atoms with Crippen LogP contribution in [0.15, 0.2) is 65.0 Å². The average molecular weight is 460 g/mol. The van der Waals surface area contributed by atoms with Crippen LogP contribution in [-0.4, -0.2) is 34.4 Å². The van der Waals surface area contributed by atoms with E-state index in [-0.39, 0.29) is 30.4 Å². The molecular weight excluding hydrogens is 438 g/mol. The zero-order valence-electron chi connectivity index (χ0n) is 18.0. The first-order chi connectivity index (χ1) is 16.1. The fourth-order valence-electron chi connectivity index (χ4n) is 4.00. The Bertz CT molecular complexity index is 1420. The Balaban J connectivity index is 1.48. The molecule has 2 aromatic heterocycles. The van der Waals surface area contributed by atoms with E-state index in [0.29, 0.717) is 33.8 Å². The highest BCUT2D eigenvalue weighted by Gasteiger charge is 2.26. The van der Waals surface area contributed by atoms with Crippen molar-refractivity contribution in [3.63, 3.8) is 0 Å². The summed E-state index contributed by atoms with van der Waals surface area (Å²) in [5.41, 5.74) is 2.49. The van der Waals surface area contributed by atoms with Gasteiger partial charge in [0.1, 0.15) is 10.6 Å². The molecule has 0 aliphatic carbocycles. The molecule has 166 valence electrons. The minimum absolute atomic E-state index is 0.00818. The molecule has 7 nitrogen and oxygen atoms in total. The zero-order valence-corrected chi connectivity index (χ0v) is 18.8. The fraction of sp³-hybridized carbons (Fsp3) is 0.200. The van der Waals surface area contributed by atoms with Crippen molar-refractivity contribution < 1.29 is 14.3 Å². The molecule has 0 fully saturated rings. The van der Waals surface area contributed by atoms with Gasteiger partial charge in [-0.15, -0.1) is 11.3 Å². The molecule has 1 aliphatic rings. The zero-order chi connectivity index (χ0) is 22.9. The highest BCUT2D eigenvalue weighted by Crippen LogP contribution is 2.33. The molecule has 0 unspecified atom stereocenters. The van der Waals surface area contributed by atoms with E-state index in [2.05, 4.69) is 4.98 Å². The molecule has 0 atom stereocenters. The molecule has 0 saturated heterocycles. The van der Waals surface area contributed by atoms with Crippen LogP contribution < -0.4 is 15.2 Å². The number of hydrogen-bond acceptors (Lipinski definition) is 6. The Hall–Kier alpha value is -3.78. The highest BCUT2D eigenvalue weighted by atomic mass is 32.1. The van der Waals surface area contributed by atoms with E-state index < -0.39 is 0 Å². The molecule has 1 amide bonds. The van der Waals surface area contributed by atoms with Crippen molar-refractivity contribution in [3.05, 3.63) is 76.2 Å².